The molecule has 1 atom stereocenters. The molecule has 0 amide bonds. The Morgan fingerprint density at radius 3 is 3.14 bits per heavy atom. The molecule has 0 unspecified atom stereocenters. The highest BCUT2D eigenvalue weighted by atomic mass is 16.5. The van der Waals surface area contributed by atoms with Crippen molar-refractivity contribution in [3.8, 4) is 17.1 Å². The topological polar surface area (TPSA) is 88.7 Å². The Labute approximate surface area is 121 Å². The zero-order chi connectivity index (χ0) is 14.8. The Bertz CT molecular complexity index is 655. The van der Waals surface area contributed by atoms with E-state index in [0.717, 1.165) is 12.0 Å². The number of anilines is 1. The van der Waals surface area contributed by atoms with Crippen LogP contribution in [0.25, 0.3) is 11.4 Å². The SMILES string of the molecule is COc1cccc(-c2noc(N3CCC[C@H]3C(=O)O)n2)c1. The third-order valence-corrected chi connectivity index (χ3v) is 3.53. The number of aromatic nitrogens is 2. The van der Waals surface area contributed by atoms with Gasteiger partial charge in [-0.3, -0.25) is 0 Å². The Hall–Kier alpha value is -2.57. The first kappa shape index (κ1) is 13.4. The molecule has 1 saturated heterocycles. The number of carbonyl (C=O) groups is 1. The van der Waals surface area contributed by atoms with Crippen molar-refractivity contribution >= 4 is 12.0 Å². The van der Waals surface area contributed by atoms with Gasteiger partial charge >= 0.3 is 12.0 Å². The molecule has 0 saturated carbocycles. The van der Waals surface area contributed by atoms with Crippen LogP contribution in [-0.4, -0.2) is 40.9 Å². The normalized spacial score (nSPS) is 18.0. The lowest BCUT2D eigenvalue weighted by molar-refractivity contribution is -0.138. The zero-order valence-electron chi connectivity index (χ0n) is 11.5. The third-order valence-electron chi connectivity index (χ3n) is 3.53. The van der Waals surface area contributed by atoms with Gasteiger partial charge in [-0.1, -0.05) is 17.3 Å². The third kappa shape index (κ3) is 2.54. The maximum absolute atomic E-state index is 11.2. The monoisotopic (exact) mass is 289 g/mol. The number of aliphatic carboxylic acids is 1. The van der Waals surface area contributed by atoms with Crippen LogP contribution in [0.2, 0.25) is 0 Å². The molecule has 1 fully saturated rings. The van der Waals surface area contributed by atoms with E-state index in [4.69, 9.17) is 9.26 Å². The first-order valence-electron chi connectivity index (χ1n) is 6.66. The Balaban J connectivity index is 1.87. The summed E-state index contributed by atoms with van der Waals surface area (Å²) in [5, 5.41) is 13.1. The van der Waals surface area contributed by atoms with Crippen molar-refractivity contribution in [1.29, 1.82) is 0 Å². The van der Waals surface area contributed by atoms with E-state index in [-0.39, 0.29) is 6.01 Å². The molecule has 1 aliphatic heterocycles. The van der Waals surface area contributed by atoms with Crippen molar-refractivity contribution in [2.75, 3.05) is 18.6 Å². The van der Waals surface area contributed by atoms with E-state index in [1.165, 1.54) is 0 Å². The quantitative estimate of drug-likeness (QED) is 0.917. The summed E-state index contributed by atoms with van der Waals surface area (Å²) in [6.07, 6.45) is 1.39. The maximum Gasteiger partial charge on any atom is 0.326 e. The molecule has 3 rings (SSSR count). The number of benzene rings is 1. The van der Waals surface area contributed by atoms with E-state index in [9.17, 15) is 9.90 Å². The zero-order valence-corrected chi connectivity index (χ0v) is 11.5. The van der Waals surface area contributed by atoms with E-state index in [2.05, 4.69) is 10.1 Å². The number of nitrogens with zero attached hydrogens (tertiary/aromatic N) is 3. The van der Waals surface area contributed by atoms with E-state index in [0.29, 0.717) is 24.5 Å². The summed E-state index contributed by atoms with van der Waals surface area (Å²) < 4.78 is 10.4. The Morgan fingerprint density at radius 2 is 2.38 bits per heavy atom. The lowest BCUT2D eigenvalue weighted by Crippen LogP contribution is -2.36. The molecule has 2 heterocycles. The standard InChI is InChI=1S/C14H15N3O4/c1-20-10-5-2-4-9(8-10)12-15-14(21-16-12)17-7-3-6-11(17)13(18)19/h2,4-5,8,11H,3,6-7H2,1H3,(H,18,19)/t11-/m0/s1. The van der Waals surface area contributed by atoms with Crippen molar-refractivity contribution in [3.63, 3.8) is 0 Å². The molecular weight excluding hydrogens is 274 g/mol. The van der Waals surface area contributed by atoms with Crippen molar-refractivity contribution in [2.24, 2.45) is 0 Å². The summed E-state index contributed by atoms with van der Waals surface area (Å²) in [7, 11) is 1.59. The summed E-state index contributed by atoms with van der Waals surface area (Å²) in [4.78, 5) is 17.1. The molecule has 0 spiro atoms. The highest BCUT2D eigenvalue weighted by Crippen LogP contribution is 2.27. The van der Waals surface area contributed by atoms with E-state index in [1.807, 2.05) is 18.2 Å². The average molecular weight is 289 g/mol. The van der Waals surface area contributed by atoms with Gasteiger partial charge in [0.15, 0.2) is 0 Å². The average Bonchev–Trinajstić information content (AvgIpc) is 3.15. The van der Waals surface area contributed by atoms with Crippen molar-refractivity contribution < 1.29 is 19.2 Å². The number of carboxylic acids is 1. The fourth-order valence-electron chi connectivity index (χ4n) is 2.46. The minimum Gasteiger partial charge on any atom is -0.497 e. The van der Waals surface area contributed by atoms with E-state index < -0.39 is 12.0 Å². The van der Waals surface area contributed by atoms with Gasteiger partial charge in [0.1, 0.15) is 11.8 Å². The molecule has 110 valence electrons. The van der Waals surface area contributed by atoms with Crippen LogP contribution in [0, 0.1) is 0 Å². The van der Waals surface area contributed by atoms with Crippen molar-refractivity contribution in [3.05, 3.63) is 24.3 Å². The van der Waals surface area contributed by atoms with Crippen LogP contribution in [0.5, 0.6) is 5.75 Å². The van der Waals surface area contributed by atoms with Crippen LogP contribution in [0.4, 0.5) is 6.01 Å². The Morgan fingerprint density at radius 1 is 1.52 bits per heavy atom. The summed E-state index contributed by atoms with van der Waals surface area (Å²) >= 11 is 0. The number of hydrogen-bond acceptors (Lipinski definition) is 6. The second-order valence-corrected chi connectivity index (χ2v) is 4.82. The van der Waals surface area contributed by atoms with Gasteiger partial charge < -0.3 is 19.3 Å². The summed E-state index contributed by atoms with van der Waals surface area (Å²) in [5.41, 5.74) is 0.760. The first-order valence-corrected chi connectivity index (χ1v) is 6.66. The lowest BCUT2D eigenvalue weighted by Gasteiger charge is -2.17. The van der Waals surface area contributed by atoms with Crippen LogP contribution in [0.3, 0.4) is 0 Å². The summed E-state index contributed by atoms with van der Waals surface area (Å²) in [6, 6.07) is 6.95. The molecule has 1 N–H and O–H groups in total. The molecule has 1 aromatic carbocycles. The predicted molar refractivity (Wildman–Crippen MR) is 74.3 cm³/mol. The predicted octanol–water partition coefficient (Wildman–Crippen LogP) is 1.80. The lowest BCUT2D eigenvalue weighted by atomic mass is 10.2. The van der Waals surface area contributed by atoms with Gasteiger partial charge in [0.2, 0.25) is 5.82 Å². The fourth-order valence-corrected chi connectivity index (χ4v) is 2.46. The molecular formula is C14H15N3O4. The number of methoxy groups -OCH3 is 1. The molecule has 0 bridgehead atoms. The molecule has 0 aliphatic carbocycles. The molecule has 0 radical (unpaired) electrons. The van der Waals surface area contributed by atoms with Gasteiger partial charge in [0.05, 0.1) is 7.11 Å². The molecule has 1 aromatic heterocycles. The molecule has 1 aliphatic rings. The first-order chi connectivity index (χ1) is 10.2. The highest BCUT2D eigenvalue weighted by molar-refractivity contribution is 5.78. The fraction of sp³-hybridized carbons (Fsp3) is 0.357. The Kier molecular flexibility index (Phi) is 3.47. The van der Waals surface area contributed by atoms with Crippen molar-refractivity contribution in [2.45, 2.75) is 18.9 Å². The van der Waals surface area contributed by atoms with Crippen LogP contribution < -0.4 is 9.64 Å². The van der Waals surface area contributed by atoms with Gasteiger partial charge in [0.25, 0.3) is 0 Å². The number of ether oxygens (including phenoxy) is 1. The van der Waals surface area contributed by atoms with Crippen molar-refractivity contribution in [1.82, 2.24) is 10.1 Å². The van der Waals surface area contributed by atoms with Crippen LogP contribution >= 0.6 is 0 Å². The van der Waals surface area contributed by atoms with Crippen LogP contribution in [-0.2, 0) is 4.79 Å². The second kappa shape index (κ2) is 5.43. The number of hydrogen-bond donors (Lipinski definition) is 1. The number of carboxylic acid groups (broad SMARTS) is 1. The highest BCUT2D eigenvalue weighted by Gasteiger charge is 2.34. The second-order valence-electron chi connectivity index (χ2n) is 4.82. The van der Waals surface area contributed by atoms with Gasteiger partial charge in [0, 0.05) is 12.1 Å². The van der Waals surface area contributed by atoms with E-state index in [1.54, 1.807) is 18.1 Å². The summed E-state index contributed by atoms with van der Waals surface area (Å²) in [5.74, 6) is 0.247. The molecule has 21 heavy (non-hydrogen) atoms. The van der Waals surface area contributed by atoms with E-state index >= 15 is 0 Å². The maximum atomic E-state index is 11.2. The van der Waals surface area contributed by atoms with Gasteiger partial charge in [-0.15, -0.1) is 0 Å². The minimum absolute atomic E-state index is 0.248. The summed E-state index contributed by atoms with van der Waals surface area (Å²) in [6.45, 7) is 0.608. The van der Waals surface area contributed by atoms with Gasteiger partial charge in [-0.05, 0) is 25.0 Å². The van der Waals surface area contributed by atoms with Crippen LogP contribution in [0.1, 0.15) is 12.8 Å². The van der Waals surface area contributed by atoms with Gasteiger partial charge in [-0.2, -0.15) is 4.98 Å². The molecule has 7 heteroatoms. The molecule has 2 aromatic rings. The largest absolute Gasteiger partial charge is 0.497 e. The van der Waals surface area contributed by atoms with Crippen LogP contribution in [0.15, 0.2) is 28.8 Å². The smallest absolute Gasteiger partial charge is 0.326 e. The van der Waals surface area contributed by atoms with Gasteiger partial charge in [-0.25, -0.2) is 4.79 Å². The number of rotatable bonds is 4. The molecule has 7 nitrogen and oxygen atoms in total. The minimum atomic E-state index is -0.867.